The lowest BCUT2D eigenvalue weighted by atomic mass is 9.93. The Hall–Kier alpha value is -0.340. The van der Waals surface area contributed by atoms with Crippen LogP contribution >= 0.6 is 15.9 Å². The largest absolute Gasteiger partial charge is 0.374 e. The molecule has 0 spiro atoms. The molecule has 2 atom stereocenters. The van der Waals surface area contributed by atoms with Gasteiger partial charge in [0.25, 0.3) is 0 Å². The number of hydrogen-bond donors (Lipinski definition) is 0. The molecule has 1 fully saturated rings. The number of hydrogen-bond acceptors (Lipinski definition) is 1. The molecule has 1 aromatic carbocycles. The normalized spacial score (nSPS) is 27.9. The maximum absolute atomic E-state index is 5.84. The second-order valence-corrected chi connectivity index (χ2v) is 5.45. The number of rotatable bonds is 2. The number of halogens is 1. The lowest BCUT2D eigenvalue weighted by Crippen LogP contribution is -2.28. The lowest BCUT2D eigenvalue weighted by Gasteiger charge is -2.29. The molecule has 0 bridgehead atoms. The van der Waals surface area contributed by atoms with E-state index in [9.17, 15) is 0 Å². The third-order valence-corrected chi connectivity index (χ3v) is 4.65. The molecule has 1 aliphatic heterocycles. The van der Waals surface area contributed by atoms with Crippen LogP contribution in [0.3, 0.4) is 0 Å². The summed E-state index contributed by atoms with van der Waals surface area (Å²) in [7, 11) is 0. The predicted octanol–water partition coefficient (Wildman–Crippen LogP) is 4.00. The van der Waals surface area contributed by atoms with Gasteiger partial charge in [0.2, 0.25) is 0 Å². The molecular formula is C13H17BrO. The summed E-state index contributed by atoms with van der Waals surface area (Å²) in [4.78, 5) is 0.299. The summed E-state index contributed by atoms with van der Waals surface area (Å²) in [6.45, 7) is 5.20. The van der Waals surface area contributed by atoms with E-state index in [1.54, 1.807) is 0 Å². The van der Waals surface area contributed by atoms with E-state index in [1.807, 2.05) is 0 Å². The van der Waals surface area contributed by atoms with E-state index in [0.29, 0.717) is 4.83 Å². The first kappa shape index (κ1) is 11.2. The Bertz CT molecular complexity index is 325. The molecule has 0 amide bonds. The van der Waals surface area contributed by atoms with Crippen molar-refractivity contribution < 1.29 is 4.74 Å². The fourth-order valence-corrected chi connectivity index (χ4v) is 2.75. The fraction of sp³-hybridized carbons (Fsp3) is 0.538. The maximum Gasteiger partial charge on any atom is 0.0820 e. The van der Waals surface area contributed by atoms with Gasteiger partial charge in [-0.3, -0.25) is 0 Å². The zero-order valence-corrected chi connectivity index (χ0v) is 10.9. The van der Waals surface area contributed by atoms with Crippen LogP contribution in [-0.2, 0) is 4.74 Å². The molecule has 1 nitrogen and oxygen atoms in total. The molecule has 0 radical (unpaired) electrons. The van der Waals surface area contributed by atoms with Crippen molar-refractivity contribution in [2.24, 2.45) is 0 Å². The van der Waals surface area contributed by atoms with Crippen LogP contribution in [0.25, 0.3) is 0 Å². The zero-order valence-electron chi connectivity index (χ0n) is 9.29. The molecule has 1 aliphatic rings. The topological polar surface area (TPSA) is 9.23 Å². The van der Waals surface area contributed by atoms with Crippen LogP contribution in [0.1, 0.15) is 35.7 Å². The van der Waals surface area contributed by atoms with Gasteiger partial charge in [0, 0.05) is 6.61 Å². The number of alkyl halides is 1. The Morgan fingerprint density at radius 2 is 2.00 bits per heavy atom. The van der Waals surface area contributed by atoms with Gasteiger partial charge in [-0.25, -0.2) is 0 Å². The van der Waals surface area contributed by atoms with Gasteiger partial charge in [-0.05, 0) is 32.3 Å². The summed E-state index contributed by atoms with van der Waals surface area (Å²) in [6, 6.07) is 8.67. The number of ether oxygens (including phenoxy) is 1. The number of benzene rings is 1. The predicted molar refractivity (Wildman–Crippen MR) is 66.4 cm³/mol. The smallest absolute Gasteiger partial charge is 0.0820 e. The molecule has 2 unspecified atom stereocenters. The average molecular weight is 269 g/mol. The third-order valence-electron chi connectivity index (χ3n) is 3.16. The van der Waals surface area contributed by atoms with Gasteiger partial charge in [0.1, 0.15) is 0 Å². The molecule has 1 saturated heterocycles. The molecule has 0 N–H and O–H groups in total. The quantitative estimate of drug-likeness (QED) is 0.737. The van der Waals surface area contributed by atoms with E-state index in [0.717, 1.165) is 13.0 Å². The zero-order chi connectivity index (χ0) is 10.9. The molecule has 2 heteroatoms. The van der Waals surface area contributed by atoms with Crippen molar-refractivity contribution in [2.45, 2.75) is 37.1 Å². The maximum atomic E-state index is 5.84. The molecule has 1 heterocycles. The molecule has 2 rings (SSSR count). The second-order valence-electron chi connectivity index (χ2n) is 4.54. The van der Waals surface area contributed by atoms with Crippen LogP contribution in [0.15, 0.2) is 24.3 Å². The first-order valence-electron chi connectivity index (χ1n) is 5.46. The van der Waals surface area contributed by atoms with Crippen LogP contribution < -0.4 is 0 Å². The Morgan fingerprint density at radius 3 is 2.53 bits per heavy atom. The standard InChI is InChI=1S/C13H17BrO/c1-10-4-6-11(7-5-10)12(14)13(2)8-3-9-15-13/h4-7,12H,3,8-9H2,1-2H3. The van der Waals surface area contributed by atoms with Gasteiger partial charge in [-0.1, -0.05) is 45.8 Å². The van der Waals surface area contributed by atoms with E-state index in [4.69, 9.17) is 4.74 Å². The van der Waals surface area contributed by atoms with Gasteiger partial charge in [0.15, 0.2) is 0 Å². The number of aryl methyl sites for hydroxylation is 1. The van der Waals surface area contributed by atoms with E-state index in [2.05, 4.69) is 54.0 Å². The SMILES string of the molecule is Cc1ccc(C(Br)C2(C)CCCO2)cc1. The molecular weight excluding hydrogens is 252 g/mol. The highest BCUT2D eigenvalue weighted by Gasteiger charge is 2.37. The minimum atomic E-state index is -0.0325. The van der Waals surface area contributed by atoms with Crippen molar-refractivity contribution >= 4 is 15.9 Å². The van der Waals surface area contributed by atoms with Crippen LogP contribution in [0, 0.1) is 6.92 Å². The highest BCUT2D eigenvalue weighted by atomic mass is 79.9. The van der Waals surface area contributed by atoms with Crippen molar-refractivity contribution in [3.63, 3.8) is 0 Å². The third kappa shape index (κ3) is 2.26. The first-order valence-corrected chi connectivity index (χ1v) is 6.38. The van der Waals surface area contributed by atoms with Gasteiger partial charge in [0.05, 0.1) is 10.4 Å². The van der Waals surface area contributed by atoms with E-state index < -0.39 is 0 Å². The van der Waals surface area contributed by atoms with Crippen molar-refractivity contribution in [2.75, 3.05) is 6.61 Å². The molecule has 82 valence electrons. The first-order chi connectivity index (χ1) is 7.12. The van der Waals surface area contributed by atoms with Gasteiger partial charge in [-0.2, -0.15) is 0 Å². The molecule has 15 heavy (non-hydrogen) atoms. The lowest BCUT2D eigenvalue weighted by molar-refractivity contribution is 0.0197. The average Bonchev–Trinajstić information content (AvgIpc) is 2.67. The van der Waals surface area contributed by atoms with E-state index >= 15 is 0 Å². The van der Waals surface area contributed by atoms with Gasteiger partial charge >= 0.3 is 0 Å². The minimum absolute atomic E-state index is 0.0325. The summed E-state index contributed by atoms with van der Waals surface area (Å²) in [5.74, 6) is 0. The Kier molecular flexibility index (Phi) is 3.17. The monoisotopic (exact) mass is 268 g/mol. The summed E-state index contributed by atoms with van der Waals surface area (Å²) in [5.41, 5.74) is 2.58. The van der Waals surface area contributed by atoms with Crippen LogP contribution in [-0.4, -0.2) is 12.2 Å². The molecule has 0 aliphatic carbocycles. The highest BCUT2D eigenvalue weighted by Crippen LogP contribution is 2.42. The second kappa shape index (κ2) is 4.26. The Balaban J connectivity index is 2.19. The van der Waals surface area contributed by atoms with Crippen molar-refractivity contribution in [3.05, 3.63) is 35.4 Å². The van der Waals surface area contributed by atoms with E-state index in [1.165, 1.54) is 17.5 Å². The molecule has 1 aromatic rings. The summed E-state index contributed by atoms with van der Waals surface area (Å²) in [5, 5.41) is 0. The highest BCUT2D eigenvalue weighted by molar-refractivity contribution is 9.09. The Labute approximate surface area is 100.0 Å². The van der Waals surface area contributed by atoms with Crippen LogP contribution in [0.5, 0.6) is 0 Å². The Morgan fingerprint density at radius 1 is 1.33 bits per heavy atom. The van der Waals surface area contributed by atoms with Gasteiger partial charge in [-0.15, -0.1) is 0 Å². The van der Waals surface area contributed by atoms with Crippen molar-refractivity contribution in [1.29, 1.82) is 0 Å². The van der Waals surface area contributed by atoms with Crippen molar-refractivity contribution in [3.8, 4) is 0 Å². The summed E-state index contributed by atoms with van der Waals surface area (Å²) >= 11 is 3.77. The van der Waals surface area contributed by atoms with Crippen LogP contribution in [0.2, 0.25) is 0 Å². The van der Waals surface area contributed by atoms with Crippen molar-refractivity contribution in [1.82, 2.24) is 0 Å². The molecule has 0 aromatic heterocycles. The summed E-state index contributed by atoms with van der Waals surface area (Å²) < 4.78 is 5.84. The van der Waals surface area contributed by atoms with E-state index in [-0.39, 0.29) is 5.60 Å². The fourth-order valence-electron chi connectivity index (χ4n) is 2.09. The minimum Gasteiger partial charge on any atom is -0.374 e. The van der Waals surface area contributed by atoms with Crippen LogP contribution in [0.4, 0.5) is 0 Å². The molecule has 0 saturated carbocycles. The van der Waals surface area contributed by atoms with Gasteiger partial charge < -0.3 is 4.74 Å². The summed E-state index contributed by atoms with van der Waals surface area (Å²) in [6.07, 6.45) is 2.31.